The van der Waals surface area contributed by atoms with Crippen LogP contribution >= 0.6 is 23.2 Å². The molecule has 0 unspecified atom stereocenters. The summed E-state index contributed by atoms with van der Waals surface area (Å²) >= 11 is 11.7. The second-order valence-corrected chi connectivity index (χ2v) is 6.63. The van der Waals surface area contributed by atoms with Crippen LogP contribution in [-0.2, 0) is 10.0 Å². The van der Waals surface area contributed by atoms with Gasteiger partial charge in [0.1, 0.15) is 5.75 Å². The molecule has 0 saturated heterocycles. The standard InChI is InChI=1S/C13H12Cl2N2O3S/c1-20-13-6-8(2-4-10(13)14)17-21(18,19)9-3-5-12(16)11(15)7-9/h2-7,17H,16H2,1H3. The number of anilines is 2. The topological polar surface area (TPSA) is 81.4 Å². The summed E-state index contributed by atoms with van der Waals surface area (Å²) in [5.41, 5.74) is 6.19. The molecule has 2 aromatic carbocycles. The molecule has 2 aromatic rings. The second-order valence-electron chi connectivity index (χ2n) is 4.14. The van der Waals surface area contributed by atoms with Gasteiger partial charge in [-0.25, -0.2) is 8.42 Å². The van der Waals surface area contributed by atoms with Gasteiger partial charge in [0.25, 0.3) is 10.0 Å². The van der Waals surface area contributed by atoms with Crippen molar-refractivity contribution in [3.05, 3.63) is 46.4 Å². The third-order valence-corrected chi connectivity index (χ3v) is 4.70. The Labute approximate surface area is 132 Å². The zero-order valence-corrected chi connectivity index (χ0v) is 13.3. The van der Waals surface area contributed by atoms with Crippen LogP contribution in [0.4, 0.5) is 11.4 Å². The molecule has 0 saturated carbocycles. The van der Waals surface area contributed by atoms with E-state index < -0.39 is 10.0 Å². The average molecular weight is 347 g/mol. The van der Waals surface area contributed by atoms with Crippen molar-refractivity contribution < 1.29 is 13.2 Å². The van der Waals surface area contributed by atoms with Crippen molar-refractivity contribution in [1.29, 1.82) is 0 Å². The van der Waals surface area contributed by atoms with Crippen LogP contribution in [0.5, 0.6) is 5.75 Å². The SMILES string of the molecule is COc1cc(NS(=O)(=O)c2ccc(N)c(Cl)c2)ccc1Cl. The number of methoxy groups -OCH3 is 1. The van der Waals surface area contributed by atoms with E-state index in [-0.39, 0.29) is 9.92 Å². The van der Waals surface area contributed by atoms with Gasteiger partial charge < -0.3 is 10.5 Å². The highest BCUT2D eigenvalue weighted by Crippen LogP contribution is 2.29. The first-order valence-corrected chi connectivity index (χ1v) is 7.99. The number of nitrogen functional groups attached to an aromatic ring is 1. The molecule has 0 radical (unpaired) electrons. The quantitative estimate of drug-likeness (QED) is 0.831. The number of hydrogen-bond donors (Lipinski definition) is 2. The molecule has 0 bridgehead atoms. The summed E-state index contributed by atoms with van der Waals surface area (Å²) in [6, 6.07) is 8.64. The first-order chi connectivity index (χ1) is 9.83. The van der Waals surface area contributed by atoms with E-state index in [0.29, 0.717) is 22.1 Å². The van der Waals surface area contributed by atoms with Crippen LogP contribution in [-0.4, -0.2) is 15.5 Å². The highest BCUT2D eigenvalue weighted by molar-refractivity contribution is 7.92. The lowest BCUT2D eigenvalue weighted by Gasteiger charge is -2.11. The minimum atomic E-state index is -3.78. The fourth-order valence-electron chi connectivity index (χ4n) is 1.61. The summed E-state index contributed by atoms with van der Waals surface area (Å²) in [7, 11) is -2.34. The van der Waals surface area contributed by atoms with Crippen molar-refractivity contribution in [2.24, 2.45) is 0 Å². The molecule has 2 rings (SSSR count). The van der Waals surface area contributed by atoms with Crippen LogP contribution in [0.2, 0.25) is 10.0 Å². The summed E-state index contributed by atoms with van der Waals surface area (Å²) in [5.74, 6) is 0.368. The van der Waals surface area contributed by atoms with E-state index in [1.54, 1.807) is 0 Å². The lowest BCUT2D eigenvalue weighted by Crippen LogP contribution is -2.13. The highest BCUT2D eigenvalue weighted by Gasteiger charge is 2.16. The molecule has 3 N–H and O–H groups in total. The predicted octanol–water partition coefficient (Wildman–Crippen LogP) is 3.39. The third-order valence-electron chi connectivity index (χ3n) is 2.69. The largest absolute Gasteiger partial charge is 0.495 e. The molecule has 0 atom stereocenters. The zero-order valence-electron chi connectivity index (χ0n) is 10.9. The Hall–Kier alpha value is -1.63. The van der Waals surface area contributed by atoms with Crippen molar-refractivity contribution in [3.8, 4) is 5.75 Å². The van der Waals surface area contributed by atoms with E-state index >= 15 is 0 Å². The molecule has 0 spiro atoms. The Balaban J connectivity index is 2.35. The molecule has 0 aromatic heterocycles. The van der Waals surface area contributed by atoms with Gasteiger partial charge in [-0.3, -0.25) is 4.72 Å². The van der Waals surface area contributed by atoms with Crippen LogP contribution in [0, 0.1) is 0 Å². The van der Waals surface area contributed by atoms with E-state index in [1.807, 2.05) is 0 Å². The molecular formula is C13H12Cl2N2O3S. The summed E-state index contributed by atoms with van der Waals surface area (Å²) in [5, 5.41) is 0.558. The summed E-state index contributed by atoms with van der Waals surface area (Å²) in [6.45, 7) is 0. The molecule has 21 heavy (non-hydrogen) atoms. The number of benzene rings is 2. The third kappa shape index (κ3) is 3.53. The molecule has 112 valence electrons. The number of ether oxygens (including phenoxy) is 1. The Bertz CT molecular complexity index is 779. The Kier molecular flexibility index (Phi) is 4.51. The number of sulfonamides is 1. The molecule has 0 aliphatic carbocycles. The minimum Gasteiger partial charge on any atom is -0.495 e. The van der Waals surface area contributed by atoms with Crippen molar-refractivity contribution in [3.63, 3.8) is 0 Å². The van der Waals surface area contributed by atoms with Gasteiger partial charge in [-0.15, -0.1) is 0 Å². The normalized spacial score (nSPS) is 11.2. The smallest absolute Gasteiger partial charge is 0.261 e. The van der Waals surface area contributed by atoms with Gasteiger partial charge in [-0.2, -0.15) is 0 Å². The van der Waals surface area contributed by atoms with Crippen molar-refractivity contribution >= 4 is 44.6 Å². The maximum absolute atomic E-state index is 12.3. The molecular weight excluding hydrogens is 335 g/mol. The van der Waals surface area contributed by atoms with Gasteiger partial charge in [-0.1, -0.05) is 23.2 Å². The Morgan fingerprint density at radius 3 is 2.43 bits per heavy atom. The Morgan fingerprint density at radius 2 is 1.81 bits per heavy atom. The molecule has 8 heteroatoms. The number of halogens is 2. The summed E-state index contributed by atoms with van der Waals surface area (Å²) in [6.07, 6.45) is 0. The van der Waals surface area contributed by atoms with E-state index in [2.05, 4.69) is 4.72 Å². The number of hydrogen-bond acceptors (Lipinski definition) is 4. The van der Waals surface area contributed by atoms with Gasteiger partial charge in [0.15, 0.2) is 0 Å². The fourth-order valence-corrected chi connectivity index (χ4v) is 3.13. The van der Waals surface area contributed by atoms with E-state index in [9.17, 15) is 8.42 Å². The van der Waals surface area contributed by atoms with E-state index in [1.165, 1.54) is 43.5 Å². The van der Waals surface area contributed by atoms with Gasteiger partial charge in [0.05, 0.1) is 33.4 Å². The zero-order chi connectivity index (χ0) is 15.6. The van der Waals surface area contributed by atoms with Crippen molar-refractivity contribution in [2.75, 3.05) is 17.6 Å². The van der Waals surface area contributed by atoms with E-state index in [4.69, 9.17) is 33.7 Å². The lowest BCUT2D eigenvalue weighted by molar-refractivity contribution is 0.415. The van der Waals surface area contributed by atoms with Gasteiger partial charge in [-0.05, 0) is 30.3 Å². The average Bonchev–Trinajstić information content (AvgIpc) is 2.43. The fraction of sp³-hybridized carbons (Fsp3) is 0.0769. The highest BCUT2D eigenvalue weighted by atomic mass is 35.5. The van der Waals surface area contributed by atoms with Crippen LogP contribution < -0.4 is 15.2 Å². The lowest BCUT2D eigenvalue weighted by atomic mass is 10.3. The Morgan fingerprint density at radius 1 is 1.10 bits per heavy atom. The molecule has 5 nitrogen and oxygen atoms in total. The summed E-state index contributed by atoms with van der Waals surface area (Å²) < 4.78 is 32.0. The van der Waals surface area contributed by atoms with Crippen LogP contribution in [0.1, 0.15) is 0 Å². The van der Waals surface area contributed by atoms with Gasteiger partial charge in [0, 0.05) is 6.07 Å². The molecule has 0 fully saturated rings. The monoisotopic (exact) mass is 346 g/mol. The van der Waals surface area contributed by atoms with Crippen molar-refractivity contribution in [1.82, 2.24) is 0 Å². The molecule has 0 heterocycles. The predicted molar refractivity (Wildman–Crippen MR) is 84.7 cm³/mol. The second kappa shape index (κ2) is 6.01. The first kappa shape index (κ1) is 15.8. The molecule has 0 aliphatic heterocycles. The number of rotatable bonds is 4. The van der Waals surface area contributed by atoms with Crippen LogP contribution in [0.15, 0.2) is 41.3 Å². The molecule has 0 amide bonds. The number of nitrogens with two attached hydrogens (primary N) is 1. The van der Waals surface area contributed by atoms with Gasteiger partial charge in [0.2, 0.25) is 0 Å². The maximum Gasteiger partial charge on any atom is 0.261 e. The molecule has 0 aliphatic rings. The van der Waals surface area contributed by atoms with Gasteiger partial charge >= 0.3 is 0 Å². The van der Waals surface area contributed by atoms with Crippen molar-refractivity contribution in [2.45, 2.75) is 4.90 Å². The number of nitrogens with one attached hydrogen (secondary N) is 1. The minimum absolute atomic E-state index is 0.00983. The first-order valence-electron chi connectivity index (χ1n) is 5.75. The summed E-state index contributed by atoms with van der Waals surface area (Å²) in [4.78, 5) is 0.00983. The van der Waals surface area contributed by atoms with Crippen LogP contribution in [0.3, 0.4) is 0 Å². The van der Waals surface area contributed by atoms with Crippen LogP contribution in [0.25, 0.3) is 0 Å². The van der Waals surface area contributed by atoms with E-state index in [0.717, 1.165) is 0 Å². The maximum atomic E-state index is 12.3.